The molecule has 2 rings (SSSR count). The van der Waals surface area contributed by atoms with Crippen LogP contribution < -0.4 is 10.5 Å². The van der Waals surface area contributed by atoms with E-state index in [0.29, 0.717) is 11.3 Å². The molecule has 1 aromatic carbocycles. The first-order chi connectivity index (χ1) is 9.80. The molecular weight excluding hydrogens is 294 g/mol. The van der Waals surface area contributed by atoms with Crippen LogP contribution in [0.1, 0.15) is 18.5 Å². The highest BCUT2D eigenvalue weighted by Gasteiger charge is 2.19. The third-order valence-corrected chi connectivity index (χ3v) is 4.12. The van der Waals surface area contributed by atoms with Crippen LogP contribution in [-0.4, -0.2) is 29.1 Å². The Morgan fingerprint density at radius 3 is 2.71 bits per heavy atom. The summed E-state index contributed by atoms with van der Waals surface area (Å²) in [6.45, 7) is 3.23. The van der Waals surface area contributed by atoms with Crippen LogP contribution in [0.15, 0.2) is 35.7 Å². The largest absolute Gasteiger partial charge is 0.324 e. The molecular formula is C12H15N5O3S. The smallest absolute Gasteiger partial charge is 0.249 e. The second-order valence-electron chi connectivity index (χ2n) is 4.51. The summed E-state index contributed by atoms with van der Waals surface area (Å²) in [5.74, 6) is -0.338. The van der Waals surface area contributed by atoms with Gasteiger partial charge in [0.25, 0.3) is 0 Å². The third-order valence-electron chi connectivity index (χ3n) is 3.06. The monoisotopic (exact) mass is 309 g/mol. The molecule has 0 fully saturated rings. The van der Waals surface area contributed by atoms with Gasteiger partial charge in [0.05, 0.1) is 4.90 Å². The van der Waals surface area contributed by atoms with Crippen molar-refractivity contribution in [2.45, 2.75) is 24.8 Å². The summed E-state index contributed by atoms with van der Waals surface area (Å²) in [5, 5.41) is 11.7. The first-order valence-electron chi connectivity index (χ1n) is 6.08. The van der Waals surface area contributed by atoms with Gasteiger partial charge in [-0.1, -0.05) is 6.07 Å². The van der Waals surface area contributed by atoms with Gasteiger partial charge in [-0.05, 0) is 31.5 Å². The Bertz CT molecular complexity index is 755. The van der Waals surface area contributed by atoms with Crippen molar-refractivity contribution in [2.24, 2.45) is 5.14 Å². The summed E-state index contributed by atoms with van der Waals surface area (Å²) in [6, 6.07) is 3.93. The summed E-state index contributed by atoms with van der Waals surface area (Å²) in [4.78, 5) is 15.9. The molecule has 3 N–H and O–H groups in total. The molecule has 1 unspecified atom stereocenters. The van der Waals surface area contributed by atoms with Gasteiger partial charge in [0, 0.05) is 5.69 Å². The molecule has 112 valence electrons. The summed E-state index contributed by atoms with van der Waals surface area (Å²) < 4.78 is 24.3. The number of nitrogens with zero attached hydrogens (tertiary/aromatic N) is 3. The predicted molar refractivity (Wildman–Crippen MR) is 75.9 cm³/mol. The molecule has 0 spiro atoms. The van der Waals surface area contributed by atoms with Crippen LogP contribution >= 0.6 is 0 Å². The number of anilines is 1. The van der Waals surface area contributed by atoms with Crippen molar-refractivity contribution in [2.75, 3.05) is 5.32 Å². The highest BCUT2D eigenvalue weighted by Crippen LogP contribution is 2.22. The van der Waals surface area contributed by atoms with Gasteiger partial charge in [0.1, 0.15) is 18.7 Å². The molecule has 1 amide bonds. The van der Waals surface area contributed by atoms with Gasteiger partial charge in [-0.3, -0.25) is 4.79 Å². The van der Waals surface area contributed by atoms with Gasteiger partial charge in [0.2, 0.25) is 15.9 Å². The number of primary sulfonamides is 1. The number of nitrogens with one attached hydrogen (secondary N) is 1. The Hall–Kier alpha value is -2.26. The van der Waals surface area contributed by atoms with Gasteiger partial charge in [0.15, 0.2) is 0 Å². The molecule has 1 atom stereocenters. The van der Waals surface area contributed by atoms with E-state index in [1.807, 2.05) is 0 Å². The molecule has 21 heavy (non-hydrogen) atoms. The fourth-order valence-electron chi connectivity index (χ4n) is 1.83. The molecule has 0 radical (unpaired) electrons. The number of rotatable bonds is 4. The Morgan fingerprint density at radius 1 is 1.43 bits per heavy atom. The van der Waals surface area contributed by atoms with E-state index in [1.54, 1.807) is 19.9 Å². The second kappa shape index (κ2) is 5.62. The standard InChI is InChI=1S/C12H15N5O3S/c1-8-10(4-3-5-11(8)21(13,19)20)16-12(18)9(2)17-7-14-6-15-17/h3-7,9H,1-2H3,(H,16,18)(H2,13,19,20). The number of amides is 1. The lowest BCUT2D eigenvalue weighted by Crippen LogP contribution is -2.25. The van der Waals surface area contributed by atoms with Crippen molar-refractivity contribution in [1.29, 1.82) is 0 Å². The van der Waals surface area contributed by atoms with Crippen molar-refractivity contribution in [3.63, 3.8) is 0 Å². The van der Waals surface area contributed by atoms with Crippen molar-refractivity contribution in [3.05, 3.63) is 36.4 Å². The van der Waals surface area contributed by atoms with Crippen LogP contribution in [0, 0.1) is 6.92 Å². The van der Waals surface area contributed by atoms with Gasteiger partial charge >= 0.3 is 0 Å². The Morgan fingerprint density at radius 2 is 2.14 bits per heavy atom. The zero-order valence-corrected chi connectivity index (χ0v) is 12.3. The van der Waals surface area contributed by atoms with Crippen LogP contribution in [0.2, 0.25) is 0 Å². The van der Waals surface area contributed by atoms with E-state index in [2.05, 4.69) is 15.4 Å². The zero-order chi connectivity index (χ0) is 15.6. The SMILES string of the molecule is Cc1c(NC(=O)C(C)n2cncn2)cccc1S(N)(=O)=O. The summed E-state index contributed by atoms with van der Waals surface area (Å²) >= 11 is 0. The molecule has 0 aliphatic rings. The van der Waals surface area contributed by atoms with Crippen LogP contribution in [0.5, 0.6) is 0 Å². The normalized spacial score (nSPS) is 12.9. The van der Waals surface area contributed by atoms with Crippen molar-refractivity contribution >= 4 is 21.6 Å². The maximum absolute atomic E-state index is 12.1. The first-order valence-corrected chi connectivity index (χ1v) is 7.62. The minimum absolute atomic E-state index is 0.0197. The quantitative estimate of drug-likeness (QED) is 0.848. The van der Waals surface area contributed by atoms with Crippen LogP contribution in [0.4, 0.5) is 5.69 Å². The van der Waals surface area contributed by atoms with Crippen LogP contribution in [0.3, 0.4) is 0 Å². The van der Waals surface area contributed by atoms with Gasteiger partial charge in [-0.25, -0.2) is 23.2 Å². The van der Waals surface area contributed by atoms with Crippen molar-refractivity contribution in [1.82, 2.24) is 14.8 Å². The fourth-order valence-corrected chi connectivity index (χ4v) is 2.64. The summed E-state index contributed by atoms with van der Waals surface area (Å²) in [6.07, 6.45) is 2.76. The van der Waals surface area contributed by atoms with Crippen LogP contribution in [0.25, 0.3) is 0 Å². The number of nitrogens with two attached hydrogens (primary N) is 1. The number of benzene rings is 1. The van der Waals surface area contributed by atoms with Gasteiger partial charge in [-0.15, -0.1) is 0 Å². The zero-order valence-electron chi connectivity index (χ0n) is 11.5. The highest BCUT2D eigenvalue weighted by molar-refractivity contribution is 7.89. The van der Waals surface area contributed by atoms with E-state index in [4.69, 9.17) is 5.14 Å². The number of hydrogen-bond donors (Lipinski definition) is 2. The fraction of sp³-hybridized carbons (Fsp3) is 0.250. The number of hydrogen-bond acceptors (Lipinski definition) is 5. The molecule has 8 nitrogen and oxygen atoms in total. The van der Waals surface area contributed by atoms with Crippen molar-refractivity contribution < 1.29 is 13.2 Å². The highest BCUT2D eigenvalue weighted by atomic mass is 32.2. The number of aromatic nitrogens is 3. The average Bonchev–Trinajstić information content (AvgIpc) is 2.92. The summed E-state index contributed by atoms with van der Waals surface area (Å²) in [5.41, 5.74) is 0.776. The van der Waals surface area contributed by atoms with E-state index >= 15 is 0 Å². The average molecular weight is 309 g/mol. The third kappa shape index (κ3) is 3.26. The minimum atomic E-state index is -3.83. The van der Waals surface area contributed by atoms with Crippen molar-refractivity contribution in [3.8, 4) is 0 Å². The molecule has 1 aromatic heterocycles. The van der Waals surface area contributed by atoms with E-state index in [-0.39, 0.29) is 10.8 Å². The second-order valence-corrected chi connectivity index (χ2v) is 6.04. The first kappa shape index (κ1) is 15.1. The van der Waals surface area contributed by atoms with Gasteiger partial charge < -0.3 is 5.32 Å². The number of carbonyl (C=O) groups excluding carboxylic acids is 1. The maximum Gasteiger partial charge on any atom is 0.249 e. The molecule has 0 bridgehead atoms. The molecule has 9 heteroatoms. The van der Waals surface area contributed by atoms with E-state index in [1.165, 1.54) is 29.5 Å². The lowest BCUT2D eigenvalue weighted by Gasteiger charge is -2.15. The van der Waals surface area contributed by atoms with E-state index in [9.17, 15) is 13.2 Å². The molecule has 2 aromatic rings. The molecule has 1 heterocycles. The van der Waals surface area contributed by atoms with E-state index < -0.39 is 16.1 Å². The lowest BCUT2D eigenvalue weighted by molar-refractivity contribution is -0.119. The Kier molecular flexibility index (Phi) is 4.05. The summed E-state index contributed by atoms with van der Waals surface area (Å²) in [7, 11) is -3.83. The Balaban J connectivity index is 2.26. The number of carbonyl (C=O) groups is 1. The van der Waals surface area contributed by atoms with Crippen LogP contribution in [-0.2, 0) is 14.8 Å². The molecule has 0 aliphatic heterocycles. The predicted octanol–water partition coefficient (Wildman–Crippen LogP) is 0.434. The Labute approximate surface area is 122 Å². The lowest BCUT2D eigenvalue weighted by atomic mass is 10.2. The molecule has 0 aliphatic carbocycles. The maximum atomic E-state index is 12.1. The number of sulfonamides is 1. The van der Waals surface area contributed by atoms with E-state index in [0.717, 1.165) is 0 Å². The topological polar surface area (TPSA) is 120 Å². The van der Waals surface area contributed by atoms with Gasteiger partial charge in [-0.2, -0.15) is 5.10 Å². The molecule has 0 saturated heterocycles. The molecule has 0 saturated carbocycles. The minimum Gasteiger partial charge on any atom is -0.324 e.